The molecule has 12 heavy (non-hydrogen) atoms. The second-order valence-corrected chi connectivity index (χ2v) is 2.62. The second kappa shape index (κ2) is 5.52. The van der Waals surface area contributed by atoms with E-state index in [1.807, 2.05) is 12.1 Å². The molecule has 0 aliphatic rings. The van der Waals surface area contributed by atoms with Gasteiger partial charge in [0.25, 0.3) is 0 Å². The van der Waals surface area contributed by atoms with Crippen molar-refractivity contribution in [2.24, 2.45) is 0 Å². The highest BCUT2D eigenvalue weighted by molar-refractivity contribution is 5.04. The molecule has 0 N–H and O–H groups in total. The van der Waals surface area contributed by atoms with Gasteiger partial charge in [-0.2, -0.15) is 5.10 Å². The fourth-order valence-corrected chi connectivity index (χ4v) is 0.893. The Labute approximate surface area is 72.8 Å². The molecule has 0 bridgehead atoms. The van der Waals surface area contributed by atoms with Crippen molar-refractivity contribution >= 4 is 0 Å². The molecule has 1 aromatic heterocycles. The summed E-state index contributed by atoms with van der Waals surface area (Å²) in [7, 11) is 0. The smallest absolute Gasteiger partial charge is 0.233 e. The molecule has 0 aromatic carbocycles. The van der Waals surface area contributed by atoms with Crippen LogP contribution in [0.1, 0.15) is 26.2 Å². The molecule has 0 aliphatic heterocycles. The summed E-state index contributed by atoms with van der Waals surface area (Å²) in [5.74, 6) is 0.619. The van der Waals surface area contributed by atoms with E-state index in [-0.39, 0.29) is 0 Å². The second-order valence-electron chi connectivity index (χ2n) is 2.62. The van der Waals surface area contributed by atoms with Gasteiger partial charge < -0.3 is 4.74 Å². The number of hydrogen-bond acceptors (Lipinski definition) is 3. The molecule has 1 heterocycles. The molecule has 0 fully saturated rings. The van der Waals surface area contributed by atoms with Crippen LogP contribution in [0.5, 0.6) is 5.88 Å². The fraction of sp³-hybridized carbons (Fsp3) is 0.556. The molecule has 0 saturated heterocycles. The predicted molar refractivity (Wildman–Crippen MR) is 47.1 cm³/mol. The van der Waals surface area contributed by atoms with Gasteiger partial charge in [-0.3, -0.25) is 0 Å². The molecule has 3 heteroatoms. The highest BCUT2D eigenvalue weighted by atomic mass is 16.5. The molecule has 0 spiro atoms. The first kappa shape index (κ1) is 8.97. The molecule has 66 valence electrons. The van der Waals surface area contributed by atoms with Crippen molar-refractivity contribution in [3.63, 3.8) is 0 Å². The van der Waals surface area contributed by atoms with Crippen LogP contribution in [0.15, 0.2) is 18.3 Å². The Morgan fingerprint density at radius 2 is 2.33 bits per heavy atom. The normalized spacial score (nSPS) is 9.75. The van der Waals surface area contributed by atoms with Gasteiger partial charge in [0, 0.05) is 12.3 Å². The summed E-state index contributed by atoms with van der Waals surface area (Å²) in [6.07, 6.45) is 5.15. The Balaban J connectivity index is 2.16. The van der Waals surface area contributed by atoms with Gasteiger partial charge in [0.05, 0.1) is 6.61 Å². The molecule has 1 aromatic rings. The molecule has 0 saturated carbocycles. The van der Waals surface area contributed by atoms with Gasteiger partial charge in [0.1, 0.15) is 0 Å². The number of aromatic nitrogens is 2. The molecule has 0 aliphatic carbocycles. The highest BCUT2D eigenvalue weighted by Crippen LogP contribution is 2.03. The van der Waals surface area contributed by atoms with E-state index in [1.54, 1.807) is 6.20 Å². The topological polar surface area (TPSA) is 35.0 Å². The maximum absolute atomic E-state index is 5.33. The van der Waals surface area contributed by atoms with Gasteiger partial charge in [0.2, 0.25) is 5.88 Å². The van der Waals surface area contributed by atoms with E-state index in [0.29, 0.717) is 5.88 Å². The van der Waals surface area contributed by atoms with E-state index in [1.165, 1.54) is 12.8 Å². The lowest BCUT2D eigenvalue weighted by atomic mass is 10.3. The standard InChI is InChI=1S/C9H14N2O/c1-2-3-4-8-12-9-6-5-7-10-11-9/h5-7H,2-4,8H2,1H3. The molecule has 0 atom stereocenters. The minimum absolute atomic E-state index is 0.619. The van der Waals surface area contributed by atoms with E-state index < -0.39 is 0 Å². The zero-order chi connectivity index (χ0) is 8.65. The van der Waals surface area contributed by atoms with Gasteiger partial charge in [-0.25, -0.2) is 0 Å². The summed E-state index contributed by atoms with van der Waals surface area (Å²) in [5, 5.41) is 7.51. The quantitative estimate of drug-likeness (QED) is 0.628. The first-order chi connectivity index (χ1) is 5.93. The minimum atomic E-state index is 0.619. The van der Waals surface area contributed by atoms with Gasteiger partial charge in [0.15, 0.2) is 0 Å². The third-order valence-corrected chi connectivity index (χ3v) is 1.55. The van der Waals surface area contributed by atoms with Crippen molar-refractivity contribution < 1.29 is 4.74 Å². The summed E-state index contributed by atoms with van der Waals surface area (Å²) in [6, 6.07) is 3.64. The lowest BCUT2D eigenvalue weighted by molar-refractivity contribution is 0.291. The zero-order valence-corrected chi connectivity index (χ0v) is 7.36. The first-order valence-electron chi connectivity index (χ1n) is 4.34. The maximum Gasteiger partial charge on any atom is 0.233 e. The van der Waals surface area contributed by atoms with E-state index in [2.05, 4.69) is 17.1 Å². The molecule has 0 radical (unpaired) electrons. The van der Waals surface area contributed by atoms with Gasteiger partial charge in [-0.15, -0.1) is 5.10 Å². The number of ether oxygens (including phenoxy) is 1. The fourth-order valence-electron chi connectivity index (χ4n) is 0.893. The Hall–Kier alpha value is -1.12. The van der Waals surface area contributed by atoms with E-state index >= 15 is 0 Å². The average molecular weight is 166 g/mol. The SMILES string of the molecule is CCCCCOc1cccnn1. The third-order valence-electron chi connectivity index (χ3n) is 1.55. The van der Waals surface area contributed by atoms with Gasteiger partial charge >= 0.3 is 0 Å². The van der Waals surface area contributed by atoms with Crippen LogP contribution >= 0.6 is 0 Å². The van der Waals surface area contributed by atoms with Crippen LogP contribution in [0.3, 0.4) is 0 Å². The van der Waals surface area contributed by atoms with Crippen LogP contribution in [0.2, 0.25) is 0 Å². The molecule has 0 unspecified atom stereocenters. The van der Waals surface area contributed by atoms with Crippen LogP contribution < -0.4 is 4.74 Å². The van der Waals surface area contributed by atoms with Crippen molar-refractivity contribution in [1.29, 1.82) is 0 Å². The largest absolute Gasteiger partial charge is 0.477 e. The lowest BCUT2D eigenvalue weighted by Gasteiger charge is -2.01. The first-order valence-corrected chi connectivity index (χ1v) is 4.34. The van der Waals surface area contributed by atoms with Crippen LogP contribution in [0, 0.1) is 0 Å². The average Bonchev–Trinajstić information content (AvgIpc) is 2.14. The monoisotopic (exact) mass is 166 g/mol. The van der Waals surface area contributed by atoms with Gasteiger partial charge in [-0.05, 0) is 12.5 Å². The van der Waals surface area contributed by atoms with Gasteiger partial charge in [-0.1, -0.05) is 19.8 Å². The summed E-state index contributed by atoms with van der Waals surface area (Å²) in [6.45, 7) is 2.91. The number of unbranched alkanes of at least 4 members (excludes halogenated alkanes) is 2. The Bertz CT molecular complexity index is 201. The molecule has 0 amide bonds. The van der Waals surface area contributed by atoms with Crippen molar-refractivity contribution in [2.45, 2.75) is 26.2 Å². The molecular formula is C9H14N2O. The highest BCUT2D eigenvalue weighted by Gasteiger charge is 1.92. The maximum atomic E-state index is 5.33. The van der Waals surface area contributed by atoms with E-state index in [9.17, 15) is 0 Å². The Kier molecular flexibility index (Phi) is 4.13. The number of nitrogens with zero attached hydrogens (tertiary/aromatic N) is 2. The van der Waals surface area contributed by atoms with Crippen LogP contribution in [0.4, 0.5) is 0 Å². The molecule has 3 nitrogen and oxygen atoms in total. The molecular weight excluding hydrogens is 152 g/mol. The van der Waals surface area contributed by atoms with Crippen LogP contribution in [-0.2, 0) is 0 Å². The minimum Gasteiger partial charge on any atom is -0.477 e. The van der Waals surface area contributed by atoms with Crippen LogP contribution in [0.25, 0.3) is 0 Å². The third kappa shape index (κ3) is 3.32. The Morgan fingerprint density at radius 1 is 1.42 bits per heavy atom. The Morgan fingerprint density at radius 3 is 3.00 bits per heavy atom. The zero-order valence-electron chi connectivity index (χ0n) is 7.36. The lowest BCUT2D eigenvalue weighted by Crippen LogP contribution is -1.99. The van der Waals surface area contributed by atoms with Crippen molar-refractivity contribution in [3.8, 4) is 5.88 Å². The summed E-state index contributed by atoms with van der Waals surface area (Å²) in [5.41, 5.74) is 0. The van der Waals surface area contributed by atoms with Crippen LogP contribution in [-0.4, -0.2) is 16.8 Å². The summed E-state index contributed by atoms with van der Waals surface area (Å²) >= 11 is 0. The summed E-state index contributed by atoms with van der Waals surface area (Å²) < 4.78 is 5.33. The number of rotatable bonds is 5. The van der Waals surface area contributed by atoms with E-state index in [0.717, 1.165) is 13.0 Å². The summed E-state index contributed by atoms with van der Waals surface area (Å²) in [4.78, 5) is 0. The van der Waals surface area contributed by atoms with E-state index in [4.69, 9.17) is 4.74 Å². The molecule has 1 rings (SSSR count). The van der Waals surface area contributed by atoms with Crippen molar-refractivity contribution in [3.05, 3.63) is 18.3 Å². The predicted octanol–water partition coefficient (Wildman–Crippen LogP) is 2.05. The van der Waals surface area contributed by atoms with Crippen molar-refractivity contribution in [1.82, 2.24) is 10.2 Å². The number of hydrogen-bond donors (Lipinski definition) is 0. The van der Waals surface area contributed by atoms with Crippen molar-refractivity contribution in [2.75, 3.05) is 6.61 Å².